The summed E-state index contributed by atoms with van der Waals surface area (Å²) in [6, 6.07) is 22.8. The molecule has 0 amide bonds. The Morgan fingerprint density at radius 1 is 0.829 bits per heavy atom. The van der Waals surface area contributed by atoms with E-state index < -0.39 is 0 Å². The van der Waals surface area contributed by atoms with Gasteiger partial charge in [0, 0.05) is 18.3 Å². The van der Waals surface area contributed by atoms with Crippen LogP contribution in [0.5, 0.6) is 0 Å². The minimum Gasteiger partial charge on any atom is -0.306 e. The van der Waals surface area contributed by atoms with Gasteiger partial charge in [-0.2, -0.15) is 0 Å². The van der Waals surface area contributed by atoms with Crippen LogP contribution in [0.25, 0.3) is 11.0 Å². The summed E-state index contributed by atoms with van der Waals surface area (Å²) in [7, 11) is 0. The first-order valence-electron chi connectivity index (χ1n) is 11.7. The van der Waals surface area contributed by atoms with Gasteiger partial charge in [0.15, 0.2) is 0 Å². The summed E-state index contributed by atoms with van der Waals surface area (Å²) in [6.45, 7) is 0.464. The van der Waals surface area contributed by atoms with Gasteiger partial charge >= 0.3 is 5.69 Å². The second-order valence-electron chi connectivity index (χ2n) is 8.73. The van der Waals surface area contributed by atoms with Crippen LogP contribution in [-0.2, 0) is 13.0 Å². The molecule has 4 nitrogen and oxygen atoms in total. The van der Waals surface area contributed by atoms with Crippen LogP contribution < -0.4 is 5.69 Å². The summed E-state index contributed by atoms with van der Waals surface area (Å²) in [4.78, 5) is 19.8. The normalized spacial score (nSPS) is 11.4. The lowest BCUT2D eigenvalue weighted by atomic mass is 9.86. The third-order valence-corrected chi connectivity index (χ3v) is 6.45. The molecule has 0 spiro atoms. The van der Waals surface area contributed by atoms with Crippen LogP contribution in [-0.4, -0.2) is 14.5 Å². The van der Waals surface area contributed by atoms with Crippen molar-refractivity contribution in [2.75, 3.05) is 0 Å². The number of hydrogen-bond acceptors (Lipinski definition) is 2. The Balaban J connectivity index is 1.41. The number of halogens is 2. The van der Waals surface area contributed by atoms with Gasteiger partial charge in [-0.05, 0) is 84.0 Å². The molecular weight excluding hydrogens is 444 g/mol. The third-order valence-electron chi connectivity index (χ3n) is 6.45. The van der Waals surface area contributed by atoms with Crippen molar-refractivity contribution >= 4 is 11.0 Å². The Morgan fingerprint density at radius 3 is 2.09 bits per heavy atom. The van der Waals surface area contributed by atoms with E-state index in [1.54, 1.807) is 41.2 Å². The van der Waals surface area contributed by atoms with Crippen LogP contribution in [0.2, 0.25) is 0 Å². The molecule has 0 aliphatic heterocycles. The molecule has 0 radical (unpaired) electrons. The van der Waals surface area contributed by atoms with Crippen molar-refractivity contribution in [3.63, 3.8) is 0 Å². The van der Waals surface area contributed by atoms with Crippen molar-refractivity contribution in [2.24, 2.45) is 0 Å². The van der Waals surface area contributed by atoms with E-state index in [0.29, 0.717) is 6.54 Å². The number of pyridine rings is 1. The number of aryl methyl sites for hydroxylation is 1. The van der Waals surface area contributed by atoms with Gasteiger partial charge in [0.1, 0.15) is 11.6 Å². The molecule has 0 aliphatic carbocycles. The first-order valence-corrected chi connectivity index (χ1v) is 11.7. The molecule has 1 N–H and O–H groups in total. The first kappa shape index (κ1) is 22.7. The predicted octanol–water partition coefficient (Wildman–Crippen LogP) is 6.21. The summed E-state index contributed by atoms with van der Waals surface area (Å²) in [5.41, 5.74) is 5.67. The van der Waals surface area contributed by atoms with Gasteiger partial charge in [0.05, 0.1) is 17.6 Å². The highest BCUT2D eigenvalue weighted by molar-refractivity contribution is 5.79. The molecule has 0 atom stereocenters. The molecule has 2 heterocycles. The fourth-order valence-corrected chi connectivity index (χ4v) is 4.73. The maximum atomic E-state index is 13.5. The van der Waals surface area contributed by atoms with Gasteiger partial charge in [0.2, 0.25) is 0 Å². The number of aromatic amines is 1. The number of H-pyrrole nitrogens is 1. The standard InChI is InChI=1S/C29H25F2N3O/c30-24-11-7-21(8-12-24)26(22-9-13-25(31)14-10-22)5-1-3-23-4-2-6-27-28(23)34(29(35)33-27)19-20-15-17-32-18-16-20/h2,4,6-18,26H,1,3,5,19H2,(H,33,35). The molecule has 5 rings (SSSR count). The second-order valence-corrected chi connectivity index (χ2v) is 8.73. The van der Waals surface area contributed by atoms with E-state index in [-0.39, 0.29) is 23.2 Å². The van der Waals surface area contributed by atoms with Crippen molar-refractivity contribution < 1.29 is 8.78 Å². The lowest BCUT2D eigenvalue weighted by Crippen LogP contribution is -2.18. The van der Waals surface area contributed by atoms with Crippen molar-refractivity contribution in [1.29, 1.82) is 0 Å². The quantitative estimate of drug-likeness (QED) is 0.294. The van der Waals surface area contributed by atoms with Gasteiger partial charge in [-0.1, -0.05) is 36.4 Å². The lowest BCUT2D eigenvalue weighted by Gasteiger charge is -2.18. The minimum absolute atomic E-state index is 0.0145. The molecule has 6 heteroatoms. The number of hydrogen-bond donors (Lipinski definition) is 1. The summed E-state index contributed by atoms with van der Waals surface area (Å²) < 4.78 is 28.9. The van der Waals surface area contributed by atoms with Crippen molar-refractivity contribution in [3.8, 4) is 0 Å². The van der Waals surface area contributed by atoms with Gasteiger partial charge < -0.3 is 4.98 Å². The number of fused-ring (bicyclic) bond motifs is 1. The van der Waals surface area contributed by atoms with Crippen LogP contribution in [0.4, 0.5) is 8.78 Å². The van der Waals surface area contributed by atoms with E-state index in [4.69, 9.17) is 0 Å². The van der Waals surface area contributed by atoms with Gasteiger partial charge in [-0.3, -0.25) is 9.55 Å². The van der Waals surface area contributed by atoms with Crippen LogP contribution in [0.3, 0.4) is 0 Å². The fourth-order valence-electron chi connectivity index (χ4n) is 4.73. The lowest BCUT2D eigenvalue weighted by molar-refractivity contribution is 0.618. The molecule has 176 valence electrons. The van der Waals surface area contributed by atoms with Gasteiger partial charge in [-0.25, -0.2) is 13.6 Å². The summed E-state index contributed by atoms with van der Waals surface area (Å²) >= 11 is 0. The largest absolute Gasteiger partial charge is 0.326 e. The highest BCUT2D eigenvalue weighted by atomic mass is 19.1. The maximum absolute atomic E-state index is 13.5. The predicted molar refractivity (Wildman–Crippen MR) is 133 cm³/mol. The van der Waals surface area contributed by atoms with Crippen molar-refractivity contribution in [2.45, 2.75) is 31.7 Å². The van der Waals surface area contributed by atoms with Crippen molar-refractivity contribution in [1.82, 2.24) is 14.5 Å². The van der Waals surface area contributed by atoms with E-state index in [2.05, 4.69) is 16.0 Å². The zero-order valence-corrected chi connectivity index (χ0v) is 19.1. The molecule has 2 aromatic heterocycles. The van der Waals surface area contributed by atoms with Crippen LogP contribution >= 0.6 is 0 Å². The smallest absolute Gasteiger partial charge is 0.306 e. The highest BCUT2D eigenvalue weighted by Gasteiger charge is 2.16. The Bertz CT molecular complexity index is 1430. The summed E-state index contributed by atoms with van der Waals surface area (Å²) in [5.74, 6) is -0.545. The number of para-hydroxylation sites is 1. The van der Waals surface area contributed by atoms with Crippen molar-refractivity contribution in [3.05, 3.63) is 136 Å². The Labute approximate surface area is 201 Å². The molecule has 0 fully saturated rings. The number of benzene rings is 3. The van der Waals surface area contributed by atoms with E-state index >= 15 is 0 Å². The number of rotatable bonds is 8. The molecule has 0 saturated heterocycles. The van der Waals surface area contributed by atoms with Crippen LogP contribution in [0.15, 0.2) is 96.1 Å². The number of nitrogens with zero attached hydrogens (tertiary/aromatic N) is 2. The van der Waals surface area contributed by atoms with E-state index in [1.807, 2.05) is 24.3 Å². The molecule has 0 unspecified atom stereocenters. The van der Waals surface area contributed by atoms with E-state index in [9.17, 15) is 13.6 Å². The topological polar surface area (TPSA) is 50.7 Å². The minimum atomic E-state index is -0.280. The number of aromatic nitrogens is 3. The van der Waals surface area contributed by atoms with Gasteiger partial charge in [-0.15, -0.1) is 0 Å². The number of nitrogens with one attached hydrogen (secondary N) is 1. The molecular formula is C29H25F2N3O. The van der Waals surface area contributed by atoms with E-state index in [1.165, 1.54) is 24.3 Å². The Morgan fingerprint density at radius 2 is 1.46 bits per heavy atom. The monoisotopic (exact) mass is 469 g/mol. The molecule has 0 saturated carbocycles. The van der Waals surface area contributed by atoms with E-state index in [0.717, 1.165) is 52.5 Å². The third kappa shape index (κ3) is 5.06. The SMILES string of the molecule is O=c1[nH]c2cccc(CCCC(c3ccc(F)cc3)c3ccc(F)cc3)c2n1Cc1ccncc1. The molecule has 35 heavy (non-hydrogen) atoms. The maximum Gasteiger partial charge on any atom is 0.326 e. The fraction of sp³-hybridized carbons (Fsp3) is 0.172. The Hall–Kier alpha value is -4.06. The molecule has 0 aliphatic rings. The molecule has 0 bridgehead atoms. The van der Waals surface area contributed by atoms with Crippen LogP contribution in [0, 0.1) is 11.6 Å². The first-order chi connectivity index (χ1) is 17.1. The average Bonchev–Trinajstić information content (AvgIpc) is 3.19. The zero-order chi connectivity index (χ0) is 24.2. The average molecular weight is 470 g/mol. The van der Waals surface area contributed by atoms with Gasteiger partial charge in [0.25, 0.3) is 0 Å². The Kier molecular flexibility index (Phi) is 6.53. The summed E-state index contributed by atoms with van der Waals surface area (Å²) in [5, 5.41) is 0. The zero-order valence-electron chi connectivity index (χ0n) is 19.1. The second kappa shape index (κ2) is 10.1. The number of imidazole rings is 1. The highest BCUT2D eigenvalue weighted by Crippen LogP contribution is 2.31. The molecule has 5 aromatic rings. The molecule has 3 aromatic carbocycles. The summed E-state index contributed by atoms with van der Waals surface area (Å²) in [6.07, 6.45) is 5.85. The van der Waals surface area contributed by atoms with Crippen LogP contribution in [0.1, 0.15) is 41.0 Å².